The predicted molar refractivity (Wildman–Crippen MR) is 72.4 cm³/mol. The minimum absolute atomic E-state index is 0.154. The van der Waals surface area contributed by atoms with Crippen LogP contribution in [-0.4, -0.2) is 33.6 Å². The van der Waals surface area contributed by atoms with E-state index in [9.17, 15) is 0 Å². The zero-order valence-electron chi connectivity index (χ0n) is 11.3. The fourth-order valence-corrected chi connectivity index (χ4v) is 3.45. The summed E-state index contributed by atoms with van der Waals surface area (Å²) < 4.78 is 2.20. The first-order chi connectivity index (χ1) is 8.78. The third kappa shape index (κ3) is 2.19. The molecule has 3 heterocycles. The molecule has 3 rings (SSSR count). The van der Waals surface area contributed by atoms with Crippen LogP contribution >= 0.6 is 0 Å². The Kier molecular flexibility index (Phi) is 3.39. The van der Waals surface area contributed by atoms with Gasteiger partial charge >= 0.3 is 0 Å². The first-order valence-electron chi connectivity index (χ1n) is 7.34. The number of nitrogens with zero attached hydrogens (tertiary/aromatic N) is 3. The molecular weight excluding hydrogens is 224 g/mol. The molecular formula is C14H24N4. The van der Waals surface area contributed by atoms with Gasteiger partial charge in [-0.1, -0.05) is 6.92 Å². The summed E-state index contributed by atoms with van der Waals surface area (Å²) in [6, 6.07) is 0.697. The molecule has 1 aromatic rings. The zero-order chi connectivity index (χ0) is 12.5. The SMILES string of the molecule is CCN1CCCC1Cc1cn2c(n1)CCCC2N. The van der Waals surface area contributed by atoms with Crippen molar-refractivity contribution in [3.05, 3.63) is 17.7 Å². The van der Waals surface area contributed by atoms with Crippen LogP contribution in [0.5, 0.6) is 0 Å². The number of nitrogens with two attached hydrogens (primary N) is 1. The largest absolute Gasteiger partial charge is 0.319 e. The van der Waals surface area contributed by atoms with Crippen LogP contribution in [0, 0.1) is 0 Å². The molecule has 0 radical (unpaired) electrons. The highest BCUT2D eigenvalue weighted by Crippen LogP contribution is 2.24. The number of aryl methyl sites for hydroxylation is 1. The lowest BCUT2D eigenvalue weighted by molar-refractivity contribution is 0.265. The van der Waals surface area contributed by atoms with Crippen molar-refractivity contribution >= 4 is 0 Å². The first kappa shape index (κ1) is 12.2. The summed E-state index contributed by atoms with van der Waals surface area (Å²) in [6.45, 7) is 4.68. The van der Waals surface area contributed by atoms with Crippen LogP contribution in [0.1, 0.15) is 50.3 Å². The summed E-state index contributed by atoms with van der Waals surface area (Å²) in [5, 5.41) is 0. The van der Waals surface area contributed by atoms with E-state index < -0.39 is 0 Å². The number of likely N-dealkylation sites (N-methyl/N-ethyl adjacent to an activating group) is 1. The average molecular weight is 248 g/mol. The molecule has 0 aromatic carbocycles. The second-order valence-electron chi connectivity index (χ2n) is 5.64. The van der Waals surface area contributed by atoms with Crippen molar-refractivity contribution in [2.75, 3.05) is 13.1 Å². The van der Waals surface area contributed by atoms with Gasteiger partial charge in [-0.3, -0.25) is 0 Å². The number of hydrogen-bond acceptors (Lipinski definition) is 3. The number of imidazole rings is 1. The molecule has 0 bridgehead atoms. The summed E-state index contributed by atoms with van der Waals surface area (Å²) in [5.41, 5.74) is 7.38. The Morgan fingerprint density at radius 1 is 1.39 bits per heavy atom. The van der Waals surface area contributed by atoms with Gasteiger partial charge in [0.05, 0.1) is 11.9 Å². The third-order valence-electron chi connectivity index (χ3n) is 4.47. The second-order valence-corrected chi connectivity index (χ2v) is 5.64. The highest BCUT2D eigenvalue weighted by molar-refractivity contribution is 5.09. The molecule has 2 aliphatic heterocycles. The topological polar surface area (TPSA) is 47.1 Å². The van der Waals surface area contributed by atoms with Gasteiger partial charge in [0.2, 0.25) is 0 Å². The summed E-state index contributed by atoms with van der Waals surface area (Å²) in [7, 11) is 0. The van der Waals surface area contributed by atoms with Crippen LogP contribution in [0.3, 0.4) is 0 Å². The molecule has 1 saturated heterocycles. The Labute approximate surface area is 109 Å². The molecule has 1 fully saturated rings. The maximum absolute atomic E-state index is 6.13. The highest BCUT2D eigenvalue weighted by Gasteiger charge is 2.25. The van der Waals surface area contributed by atoms with Crippen LogP contribution in [-0.2, 0) is 12.8 Å². The fourth-order valence-electron chi connectivity index (χ4n) is 3.45. The van der Waals surface area contributed by atoms with E-state index in [-0.39, 0.29) is 6.17 Å². The first-order valence-corrected chi connectivity index (χ1v) is 7.34. The maximum atomic E-state index is 6.13. The van der Waals surface area contributed by atoms with E-state index in [1.807, 2.05) is 0 Å². The standard InChI is InChI=1S/C14H24N4/c1-2-17-8-4-5-12(17)9-11-10-18-13(15)6-3-7-14(18)16-11/h10,12-13H,2-9,15H2,1H3. The maximum Gasteiger partial charge on any atom is 0.110 e. The second kappa shape index (κ2) is 5.02. The van der Waals surface area contributed by atoms with Crippen LogP contribution < -0.4 is 5.73 Å². The van der Waals surface area contributed by atoms with Crippen molar-refractivity contribution in [1.29, 1.82) is 0 Å². The Hall–Kier alpha value is -0.870. The lowest BCUT2D eigenvalue weighted by atomic mass is 10.1. The molecule has 0 amide bonds. The molecule has 2 N–H and O–H groups in total. The predicted octanol–water partition coefficient (Wildman–Crippen LogP) is 1.70. The molecule has 2 aliphatic rings. The van der Waals surface area contributed by atoms with Gasteiger partial charge in [-0.2, -0.15) is 0 Å². The minimum atomic E-state index is 0.154. The summed E-state index contributed by atoms with van der Waals surface area (Å²) in [6.07, 6.45) is 9.48. The van der Waals surface area contributed by atoms with E-state index in [2.05, 4.69) is 22.6 Å². The van der Waals surface area contributed by atoms with Crippen molar-refractivity contribution in [1.82, 2.24) is 14.5 Å². The van der Waals surface area contributed by atoms with Gasteiger partial charge in [-0.15, -0.1) is 0 Å². The highest BCUT2D eigenvalue weighted by atomic mass is 15.2. The van der Waals surface area contributed by atoms with Gasteiger partial charge in [0.1, 0.15) is 5.82 Å². The number of fused-ring (bicyclic) bond motifs is 1. The molecule has 4 nitrogen and oxygen atoms in total. The lowest BCUT2D eigenvalue weighted by Crippen LogP contribution is -2.30. The Morgan fingerprint density at radius 2 is 2.28 bits per heavy atom. The molecule has 4 heteroatoms. The third-order valence-corrected chi connectivity index (χ3v) is 4.47. The molecule has 100 valence electrons. The Morgan fingerprint density at radius 3 is 3.06 bits per heavy atom. The Bertz CT molecular complexity index is 412. The summed E-state index contributed by atoms with van der Waals surface area (Å²) in [4.78, 5) is 7.37. The molecule has 1 aromatic heterocycles. The zero-order valence-corrected chi connectivity index (χ0v) is 11.3. The molecule has 0 spiro atoms. The van der Waals surface area contributed by atoms with Gasteiger partial charge in [0, 0.05) is 25.1 Å². The van der Waals surface area contributed by atoms with Crippen molar-refractivity contribution in [2.24, 2.45) is 5.73 Å². The molecule has 0 aliphatic carbocycles. The van der Waals surface area contributed by atoms with Gasteiger partial charge in [-0.05, 0) is 38.8 Å². The number of rotatable bonds is 3. The molecule has 0 saturated carbocycles. The van der Waals surface area contributed by atoms with Crippen LogP contribution in [0.25, 0.3) is 0 Å². The summed E-state index contributed by atoms with van der Waals surface area (Å²) in [5.74, 6) is 1.20. The van der Waals surface area contributed by atoms with Gasteiger partial charge < -0.3 is 15.2 Å². The van der Waals surface area contributed by atoms with E-state index in [4.69, 9.17) is 10.7 Å². The van der Waals surface area contributed by atoms with Crippen molar-refractivity contribution in [2.45, 2.75) is 57.7 Å². The smallest absolute Gasteiger partial charge is 0.110 e. The minimum Gasteiger partial charge on any atom is -0.319 e. The monoisotopic (exact) mass is 248 g/mol. The van der Waals surface area contributed by atoms with E-state index in [0.717, 1.165) is 25.8 Å². The molecule has 18 heavy (non-hydrogen) atoms. The van der Waals surface area contributed by atoms with Gasteiger partial charge in [0.25, 0.3) is 0 Å². The molecule has 2 unspecified atom stereocenters. The quantitative estimate of drug-likeness (QED) is 0.885. The number of hydrogen-bond donors (Lipinski definition) is 1. The Balaban J connectivity index is 1.73. The lowest BCUT2D eigenvalue weighted by Gasteiger charge is -2.21. The fraction of sp³-hybridized carbons (Fsp3) is 0.786. The van der Waals surface area contributed by atoms with E-state index in [0.29, 0.717) is 6.04 Å². The normalized spacial score (nSPS) is 28.6. The van der Waals surface area contributed by atoms with Gasteiger partial charge in [0.15, 0.2) is 0 Å². The molecule has 2 atom stereocenters. The van der Waals surface area contributed by atoms with Crippen molar-refractivity contribution < 1.29 is 0 Å². The van der Waals surface area contributed by atoms with Crippen LogP contribution in [0.4, 0.5) is 0 Å². The van der Waals surface area contributed by atoms with E-state index >= 15 is 0 Å². The van der Waals surface area contributed by atoms with Crippen molar-refractivity contribution in [3.8, 4) is 0 Å². The average Bonchev–Trinajstić information content (AvgIpc) is 2.96. The summed E-state index contributed by atoms with van der Waals surface area (Å²) >= 11 is 0. The van der Waals surface area contributed by atoms with Gasteiger partial charge in [-0.25, -0.2) is 4.98 Å². The van der Waals surface area contributed by atoms with E-state index in [1.54, 1.807) is 0 Å². The number of aromatic nitrogens is 2. The number of likely N-dealkylation sites (tertiary alicyclic amines) is 1. The van der Waals surface area contributed by atoms with E-state index in [1.165, 1.54) is 37.3 Å². The van der Waals surface area contributed by atoms with Crippen LogP contribution in [0.2, 0.25) is 0 Å². The van der Waals surface area contributed by atoms with Crippen molar-refractivity contribution in [3.63, 3.8) is 0 Å². The van der Waals surface area contributed by atoms with Crippen LogP contribution in [0.15, 0.2) is 6.20 Å².